The molecule has 8 aromatic rings. The maximum absolute atomic E-state index is 6.45. The molecule has 2 aliphatic rings. The highest BCUT2D eigenvalue weighted by molar-refractivity contribution is 6.10. The summed E-state index contributed by atoms with van der Waals surface area (Å²) in [6.07, 6.45) is 14.4. The number of nitrogens with zero attached hydrogens (tertiary/aromatic N) is 1. The molecule has 10 rings (SSSR count). The van der Waals surface area contributed by atoms with E-state index < -0.39 is 0 Å². The van der Waals surface area contributed by atoms with E-state index in [0.717, 1.165) is 80.3 Å². The number of furan rings is 2. The standard InChI is InChI=1S/C49H37NO2/c1-32-31-36(40-16-10-18-44-42-14-6-8-20-47(42)52-49(40)44)25-30-45(32)50(37-26-21-34(22-27-37)33-11-3-2-4-12-33)38-28-23-35(24-29-38)39-15-9-17-43-41-13-5-7-19-46(41)51-48(39)43/h2-3,5-11,13-30,32H,4,12,31H2,1H3. The summed E-state index contributed by atoms with van der Waals surface area (Å²) in [6, 6.07) is 47.6. The van der Waals surface area contributed by atoms with Crippen molar-refractivity contribution in [2.45, 2.75) is 26.2 Å². The summed E-state index contributed by atoms with van der Waals surface area (Å²) in [4.78, 5) is 2.43. The molecular weight excluding hydrogens is 635 g/mol. The van der Waals surface area contributed by atoms with Gasteiger partial charge in [0.15, 0.2) is 0 Å². The smallest absolute Gasteiger partial charge is 0.143 e. The van der Waals surface area contributed by atoms with Gasteiger partial charge in [0.2, 0.25) is 0 Å². The monoisotopic (exact) mass is 671 g/mol. The highest BCUT2D eigenvalue weighted by atomic mass is 16.3. The molecule has 0 amide bonds. The van der Waals surface area contributed by atoms with Crippen LogP contribution in [0, 0.1) is 5.92 Å². The SMILES string of the molecule is CC1CC(c2cccc3c2oc2ccccc23)=CC=C1N(c1ccc(C2=CC=CCC2)cc1)c1ccc(-c2cccc3c2oc2ccccc23)cc1. The van der Waals surface area contributed by atoms with Gasteiger partial charge in [-0.25, -0.2) is 0 Å². The van der Waals surface area contributed by atoms with Gasteiger partial charge in [0, 0.05) is 55.7 Å². The molecule has 0 aliphatic heterocycles. The lowest BCUT2D eigenvalue weighted by molar-refractivity contribution is 0.661. The first-order valence-electron chi connectivity index (χ1n) is 18.3. The van der Waals surface area contributed by atoms with Crippen LogP contribution in [-0.2, 0) is 0 Å². The number of allylic oxidation sites excluding steroid dienone is 8. The number of hydrogen-bond acceptors (Lipinski definition) is 3. The molecule has 2 heterocycles. The molecule has 3 nitrogen and oxygen atoms in total. The second-order valence-corrected chi connectivity index (χ2v) is 14.0. The summed E-state index contributed by atoms with van der Waals surface area (Å²) >= 11 is 0. The lowest BCUT2D eigenvalue weighted by Gasteiger charge is -2.34. The first kappa shape index (κ1) is 30.5. The molecule has 0 N–H and O–H groups in total. The number of para-hydroxylation sites is 4. The Labute approximate surface area is 303 Å². The van der Waals surface area contributed by atoms with Crippen LogP contribution in [0.15, 0.2) is 178 Å². The number of fused-ring (bicyclic) bond motifs is 6. The molecule has 0 fully saturated rings. The quantitative estimate of drug-likeness (QED) is 0.176. The molecule has 1 atom stereocenters. The van der Waals surface area contributed by atoms with Crippen LogP contribution in [0.1, 0.15) is 37.3 Å². The van der Waals surface area contributed by atoms with E-state index >= 15 is 0 Å². The highest BCUT2D eigenvalue weighted by Crippen LogP contribution is 2.43. The summed E-state index contributed by atoms with van der Waals surface area (Å²) in [5.41, 5.74) is 14.7. The van der Waals surface area contributed by atoms with Crippen LogP contribution >= 0.6 is 0 Å². The van der Waals surface area contributed by atoms with Crippen molar-refractivity contribution in [1.29, 1.82) is 0 Å². The second kappa shape index (κ2) is 12.5. The van der Waals surface area contributed by atoms with Gasteiger partial charge in [-0.05, 0) is 84.0 Å². The minimum atomic E-state index is 0.259. The van der Waals surface area contributed by atoms with E-state index in [1.54, 1.807) is 0 Å². The van der Waals surface area contributed by atoms with Crippen LogP contribution in [-0.4, -0.2) is 0 Å². The van der Waals surface area contributed by atoms with Gasteiger partial charge in [-0.3, -0.25) is 0 Å². The normalized spacial score (nSPS) is 16.0. The molecule has 6 aromatic carbocycles. The van der Waals surface area contributed by atoms with Crippen molar-refractivity contribution in [2.75, 3.05) is 4.90 Å². The van der Waals surface area contributed by atoms with E-state index in [0.29, 0.717) is 0 Å². The summed E-state index contributed by atoms with van der Waals surface area (Å²) in [5.74, 6) is 0.259. The van der Waals surface area contributed by atoms with Crippen LogP contribution in [0.5, 0.6) is 0 Å². The average molecular weight is 672 g/mol. The van der Waals surface area contributed by atoms with E-state index in [-0.39, 0.29) is 5.92 Å². The summed E-state index contributed by atoms with van der Waals surface area (Å²) in [7, 11) is 0. The Kier molecular flexibility index (Phi) is 7.31. The third-order valence-electron chi connectivity index (χ3n) is 10.8. The van der Waals surface area contributed by atoms with Crippen molar-refractivity contribution >= 4 is 66.4 Å². The van der Waals surface area contributed by atoms with Crippen LogP contribution in [0.4, 0.5) is 11.4 Å². The lowest BCUT2D eigenvalue weighted by atomic mass is 9.87. The number of hydrogen-bond donors (Lipinski definition) is 0. The third-order valence-corrected chi connectivity index (χ3v) is 10.8. The maximum atomic E-state index is 6.45. The van der Waals surface area contributed by atoms with Crippen molar-refractivity contribution in [2.24, 2.45) is 5.92 Å². The summed E-state index contributed by atoms with van der Waals surface area (Å²) < 4.78 is 12.9. The van der Waals surface area contributed by atoms with Crippen LogP contribution < -0.4 is 4.90 Å². The van der Waals surface area contributed by atoms with Crippen LogP contribution in [0.2, 0.25) is 0 Å². The van der Waals surface area contributed by atoms with Crippen molar-refractivity contribution in [3.05, 3.63) is 181 Å². The maximum Gasteiger partial charge on any atom is 0.143 e. The zero-order valence-electron chi connectivity index (χ0n) is 29.1. The number of rotatable bonds is 6. The average Bonchev–Trinajstić information content (AvgIpc) is 3.78. The first-order chi connectivity index (χ1) is 25.7. The van der Waals surface area contributed by atoms with Gasteiger partial charge in [-0.1, -0.05) is 128 Å². The fraction of sp³-hybridized carbons (Fsp3) is 0.102. The molecule has 2 aromatic heterocycles. The predicted octanol–water partition coefficient (Wildman–Crippen LogP) is 14.0. The predicted molar refractivity (Wildman–Crippen MR) is 218 cm³/mol. The Morgan fingerprint density at radius 3 is 1.71 bits per heavy atom. The Bertz CT molecular complexity index is 2770. The third kappa shape index (κ3) is 5.12. The topological polar surface area (TPSA) is 29.5 Å². The second-order valence-electron chi connectivity index (χ2n) is 14.0. The van der Waals surface area contributed by atoms with Gasteiger partial charge in [-0.15, -0.1) is 0 Å². The van der Waals surface area contributed by atoms with Crippen molar-refractivity contribution in [1.82, 2.24) is 0 Å². The zero-order valence-corrected chi connectivity index (χ0v) is 29.1. The summed E-state index contributed by atoms with van der Waals surface area (Å²) in [6.45, 7) is 2.34. The van der Waals surface area contributed by atoms with Gasteiger partial charge in [0.1, 0.15) is 22.3 Å². The molecule has 52 heavy (non-hydrogen) atoms. The van der Waals surface area contributed by atoms with E-state index in [1.165, 1.54) is 33.4 Å². The first-order valence-corrected chi connectivity index (χ1v) is 18.3. The highest BCUT2D eigenvalue weighted by Gasteiger charge is 2.26. The van der Waals surface area contributed by atoms with Crippen LogP contribution in [0.25, 0.3) is 66.2 Å². The van der Waals surface area contributed by atoms with E-state index in [9.17, 15) is 0 Å². The Balaban J connectivity index is 1.06. The molecule has 0 saturated carbocycles. The summed E-state index contributed by atoms with van der Waals surface area (Å²) in [5, 5.41) is 4.62. The van der Waals surface area contributed by atoms with Crippen molar-refractivity contribution < 1.29 is 8.83 Å². The molecule has 0 radical (unpaired) electrons. The molecule has 0 spiro atoms. The Morgan fingerprint density at radius 1 is 0.519 bits per heavy atom. The minimum Gasteiger partial charge on any atom is -0.455 e. The van der Waals surface area contributed by atoms with E-state index in [4.69, 9.17) is 8.83 Å². The van der Waals surface area contributed by atoms with E-state index in [1.807, 2.05) is 18.2 Å². The van der Waals surface area contributed by atoms with Gasteiger partial charge in [0.25, 0.3) is 0 Å². The molecular formula is C49H37NO2. The van der Waals surface area contributed by atoms with E-state index in [2.05, 4.69) is 157 Å². The number of benzene rings is 6. The fourth-order valence-corrected chi connectivity index (χ4v) is 8.23. The van der Waals surface area contributed by atoms with Gasteiger partial charge < -0.3 is 13.7 Å². The van der Waals surface area contributed by atoms with Gasteiger partial charge in [-0.2, -0.15) is 0 Å². The number of anilines is 2. The Hall–Kier alpha value is -6.32. The van der Waals surface area contributed by atoms with Crippen molar-refractivity contribution in [3.8, 4) is 11.1 Å². The van der Waals surface area contributed by atoms with Crippen molar-refractivity contribution in [3.63, 3.8) is 0 Å². The molecule has 3 heteroatoms. The molecule has 1 unspecified atom stereocenters. The zero-order chi connectivity index (χ0) is 34.6. The molecule has 2 aliphatic carbocycles. The fourth-order valence-electron chi connectivity index (χ4n) is 8.23. The minimum absolute atomic E-state index is 0.259. The van der Waals surface area contributed by atoms with Gasteiger partial charge in [0.05, 0.1) is 0 Å². The largest absolute Gasteiger partial charge is 0.455 e. The van der Waals surface area contributed by atoms with Gasteiger partial charge >= 0.3 is 0 Å². The molecule has 250 valence electrons. The van der Waals surface area contributed by atoms with Crippen LogP contribution in [0.3, 0.4) is 0 Å². The molecule has 0 saturated heterocycles. The Morgan fingerprint density at radius 2 is 1.10 bits per heavy atom. The molecule has 0 bridgehead atoms. The lowest BCUT2D eigenvalue weighted by Crippen LogP contribution is -2.23.